The maximum Gasteiger partial charge on any atom is 0.159 e. The highest BCUT2D eigenvalue weighted by Gasteiger charge is 2.27. The van der Waals surface area contributed by atoms with E-state index in [2.05, 4.69) is 192 Å². The fourth-order valence-electron chi connectivity index (χ4n) is 9.63. The van der Waals surface area contributed by atoms with Crippen LogP contribution in [0, 0.1) is 0 Å². The highest BCUT2D eigenvalue weighted by molar-refractivity contribution is 7.26. The van der Waals surface area contributed by atoms with Crippen molar-refractivity contribution in [3.8, 4) is 11.1 Å². The molecule has 0 N–H and O–H groups in total. The predicted molar refractivity (Wildman–Crippen MR) is 261 cm³/mol. The zero-order chi connectivity index (χ0) is 39.1. The van der Waals surface area contributed by atoms with E-state index in [-0.39, 0.29) is 0 Å². The van der Waals surface area contributed by atoms with Crippen LogP contribution in [0.4, 0.5) is 34.1 Å². The third-order valence-electron chi connectivity index (χ3n) is 12.3. The second-order valence-electron chi connectivity index (χ2n) is 15.7. The van der Waals surface area contributed by atoms with Crippen LogP contribution in [0.3, 0.4) is 0 Å². The lowest BCUT2D eigenvalue weighted by molar-refractivity contribution is 0.669. The Labute approximate surface area is 355 Å². The van der Waals surface area contributed by atoms with Gasteiger partial charge in [0.15, 0.2) is 11.2 Å². The Morgan fingerprint density at radius 3 is 1.20 bits per heavy atom. The molecule has 1 aliphatic heterocycles. The summed E-state index contributed by atoms with van der Waals surface area (Å²) in [6, 6.07) is 67.4. The molecule has 280 valence electrons. The molecule has 0 amide bonds. The van der Waals surface area contributed by atoms with Gasteiger partial charge in [0.1, 0.15) is 0 Å². The van der Waals surface area contributed by atoms with Crippen LogP contribution in [-0.2, 0) is 0 Å². The summed E-state index contributed by atoms with van der Waals surface area (Å²) in [7, 11) is 0. The number of furan rings is 1. The zero-order valence-corrected chi connectivity index (χ0v) is 34.3. The summed E-state index contributed by atoms with van der Waals surface area (Å²) in [5.41, 5.74) is 10.4. The molecule has 13 aromatic rings. The Bertz CT molecular complexity index is 3750. The van der Waals surface area contributed by atoms with E-state index in [0.29, 0.717) is 0 Å². The summed E-state index contributed by atoms with van der Waals surface area (Å²) in [5.74, 6) is 0. The van der Waals surface area contributed by atoms with Gasteiger partial charge in [-0.2, -0.15) is 0 Å². The molecular weight excluding hydrogens is 789 g/mol. The van der Waals surface area contributed by atoms with Crippen LogP contribution >= 0.6 is 34.0 Å². The topological polar surface area (TPSA) is 19.6 Å². The standard InChI is InChI=1S/C54H30N2OS3/c1-4-16-47-37(9-1)42-27-31(19-22-50(42)58-47)32-25-35-28-36(26-32)56(34-21-24-52-44(30-34)39-11-3-6-18-49(39)60-52)46-15-8-13-41-40-12-7-14-45(53(40)57-54(41)46)55(35)33-20-23-51-43(29-33)38-10-2-5-17-48(38)59-51/h1-30H. The second-order valence-corrected chi connectivity index (χ2v) is 18.9. The van der Waals surface area contributed by atoms with Crippen molar-refractivity contribution in [1.82, 2.24) is 0 Å². The quantitative estimate of drug-likeness (QED) is 0.177. The summed E-state index contributed by atoms with van der Waals surface area (Å²) < 4.78 is 14.9. The van der Waals surface area contributed by atoms with Gasteiger partial charge in [-0.05, 0) is 108 Å². The van der Waals surface area contributed by atoms with Crippen LogP contribution in [0.1, 0.15) is 0 Å². The molecule has 1 aliphatic rings. The van der Waals surface area contributed by atoms with E-state index >= 15 is 0 Å². The summed E-state index contributed by atoms with van der Waals surface area (Å²) in [5, 5.41) is 9.85. The Morgan fingerprint density at radius 1 is 0.283 bits per heavy atom. The van der Waals surface area contributed by atoms with Gasteiger partial charge in [-0.1, -0.05) is 84.9 Å². The van der Waals surface area contributed by atoms with Crippen molar-refractivity contribution in [3.05, 3.63) is 182 Å². The van der Waals surface area contributed by atoms with E-state index in [0.717, 1.165) is 61.6 Å². The smallest absolute Gasteiger partial charge is 0.159 e. The molecule has 0 spiro atoms. The van der Waals surface area contributed by atoms with Gasteiger partial charge in [0.05, 0.1) is 11.4 Å². The van der Waals surface area contributed by atoms with Gasteiger partial charge in [-0.15, -0.1) is 34.0 Å². The minimum Gasteiger partial charge on any atom is -0.452 e. The van der Waals surface area contributed by atoms with Crippen LogP contribution < -0.4 is 9.80 Å². The molecule has 0 saturated carbocycles. The lowest BCUT2D eigenvalue weighted by Gasteiger charge is -2.31. The maximum absolute atomic E-state index is 7.18. The average molecular weight is 819 g/mol. The van der Waals surface area contributed by atoms with Crippen molar-refractivity contribution in [2.24, 2.45) is 0 Å². The number of rotatable bonds is 3. The summed E-state index contributed by atoms with van der Waals surface area (Å²) >= 11 is 5.56. The molecule has 0 atom stereocenters. The van der Waals surface area contributed by atoms with Gasteiger partial charge in [0.25, 0.3) is 0 Å². The zero-order valence-electron chi connectivity index (χ0n) is 31.8. The number of thiophene rings is 3. The van der Waals surface area contributed by atoms with Crippen LogP contribution in [0.25, 0.3) is 93.6 Å². The van der Waals surface area contributed by atoms with Gasteiger partial charge in [0.2, 0.25) is 0 Å². The molecule has 0 unspecified atom stereocenters. The van der Waals surface area contributed by atoms with Crippen molar-refractivity contribution in [3.63, 3.8) is 0 Å². The Kier molecular flexibility index (Phi) is 6.74. The molecule has 14 rings (SSSR count). The first kappa shape index (κ1) is 32.9. The summed E-state index contributed by atoms with van der Waals surface area (Å²) in [6.45, 7) is 0. The number of nitrogens with zero attached hydrogens (tertiary/aromatic N) is 2. The highest BCUT2D eigenvalue weighted by Crippen LogP contribution is 2.52. The van der Waals surface area contributed by atoms with E-state index in [1.165, 1.54) is 66.1 Å². The van der Waals surface area contributed by atoms with Gasteiger partial charge in [0, 0.05) is 94.0 Å². The molecule has 0 fully saturated rings. The molecule has 0 saturated heterocycles. The van der Waals surface area contributed by atoms with Crippen molar-refractivity contribution >= 4 is 151 Å². The molecule has 6 heteroatoms. The number of benzene rings is 9. The van der Waals surface area contributed by atoms with Crippen LogP contribution in [0.5, 0.6) is 0 Å². The molecule has 60 heavy (non-hydrogen) atoms. The maximum atomic E-state index is 7.18. The average Bonchev–Trinajstić information content (AvgIpc) is 4.07. The van der Waals surface area contributed by atoms with Gasteiger partial charge >= 0.3 is 0 Å². The molecule has 4 aromatic heterocycles. The largest absolute Gasteiger partial charge is 0.452 e. The van der Waals surface area contributed by atoms with Crippen molar-refractivity contribution < 1.29 is 4.42 Å². The minimum absolute atomic E-state index is 0.870. The highest BCUT2D eigenvalue weighted by atomic mass is 32.1. The Morgan fingerprint density at radius 2 is 0.700 bits per heavy atom. The number of hydrogen-bond donors (Lipinski definition) is 0. The molecule has 0 aliphatic carbocycles. The van der Waals surface area contributed by atoms with Gasteiger partial charge < -0.3 is 14.2 Å². The van der Waals surface area contributed by atoms with Gasteiger partial charge in [-0.3, -0.25) is 0 Å². The van der Waals surface area contributed by atoms with E-state index in [4.69, 9.17) is 4.42 Å². The molecule has 9 aromatic carbocycles. The Balaban J connectivity index is 1.10. The summed E-state index contributed by atoms with van der Waals surface area (Å²) in [6.07, 6.45) is 0. The van der Waals surface area contributed by atoms with E-state index in [9.17, 15) is 0 Å². The van der Waals surface area contributed by atoms with Crippen molar-refractivity contribution in [2.75, 3.05) is 9.80 Å². The number of fused-ring (bicyclic) bond motifs is 12. The first-order chi connectivity index (χ1) is 29.7. The van der Waals surface area contributed by atoms with Crippen LogP contribution in [-0.4, -0.2) is 0 Å². The number of anilines is 6. The monoisotopic (exact) mass is 818 g/mol. The van der Waals surface area contributed by atoms with E-state index in [1.54, 1.807) is 0 Å². The van der Waals surface area contributed by atoms with E-state index < -0.39 is 0 Å². The first-order valence-corrected chi connectivity index (χ1v) is 22.6. The Hall–Kier alpha value is -6.96. The molecular formula is C54H30N2OS3. The summed E-state index contributed by atoms with van der Waals surface area (Å²) in [4.78, 5) is 4.84. The number of hydrogen-bond acceptors (Lipinski definition) is 6. The van der Waals surface area contributed by atoms with Crippen molar-refractivity contribution in [2.45, 2.75) is 0 Å². The molecule has 0 radical (unpaired) electrons. The minimum atomic E-state index is 0.870. The molecule has 5 heterocycles. The SMILES string of the molecule is c1ccc2c(c1)sc1ccc(-c3cc4cc(c3)N(c3ccc5sc6ccccc6c5c3)c3cccc5c3oc3c(cccc35)N4c3ccc4sc5ccccc5c4c3)cc12. The van der Waals surface area contributed by atoms with Gasteiger partial charge in [-0.25, -0.2) is 0 Å². The third-order valence-corrected chi connectivity index (χ3v) is 15.8. The van der Waals surface area contributed by atoms with Crippen LogP contribution in [0.15, 0.2) is 186 Å². The fraction of sp³-hybridized carbons (Fsp3) is 0. The lowest BCUT2D eigenvalue weighted by Crippen LogP contribution is -2.14. The molecule has 3 nitrogen and oxygen atoms in total. The van der Waals surface area contributed by atoms with E-state index in [1.807, 2.05) is 34.0 Å². The normalized spacial score (nSPS) is 12.9. The fourth-order valence-corrected chi connectivity index (χ4v) is 12.9. The predicted octanol–water partition coefficient (Wildman–Crippen LogP) is 17.6. The number of para-hydroxylation sites is 2. The van der Waals surface area contributed by atoms with Crippen LogP contribution in [0.2, 0.25) is 0 Å². The lowest BCUT2D eigenvalue weighted by atomic mass is 9.99. The molecule has 4 bridgehead atoms. The third kappa shape index (κ3) is 4.69. The first-order valence-electron chi connectivity index (χ1n) is 20.1. The van der Waals surface area contributed by atoms with Crippen molar-refractivity contribution in [1.29, 1.82) is 0 Å². The second kappa shape index (κ2) is 12.3.